The van der Waals surface area contributed by atoms with Gasteiger partial charge in [0.25, 0.3) is 0 Å². The zero-order chi connectivity index (χ0) is 46.4. The SMILES string of the molecule is Cc1ccc(N(c2ccc(C)cc2)c2ccc(N(c3ccc(-c4ccc(N(c5ccccc5)c5ccccc5)cc4)cc3)c3ccc(N(c4ccc(C)cc4)c4ccc(C)cc4)cc3)cc2)cc1. The molecule has 0 spiro atoms. The van der Waals surface area contributed by atoms with Crippen LogP contribution in [0.3, 0.4) is 0 Å². The average molecular weight is 879 g/mol. The predicted molar refractivity (Wildman–Crippen MR) is 290 cm³/mol. The van der Waals surface area contributed by atoms with E-state index >= 15 is 0 Å². The van der Waals surface area contributed by atoms with Crippen molar-refractivity contribution in [2.75, 3.05) is 19.6 Å². The molecule has 0 fully saturated rings. The van der Waals surface area contributed by atoms with Crippen LogP contribution in [0.2, 0.25) is 0 Å². The number of hydrogen-bond acceptors (Lipinski definition) is 4. The van der Waals surface area contributed by atoms with Gasteiger partial charge in [-0.1, -0.05) is 131 Å². The number of rotatable bonds is 13. The maximum Gasteiger partial charge on any atom is 0.0463 e. The lowest BCUT2D eigenvalue weighted by molar-refractivity contribution is 1.24. The highest BCUT2D eigenvalue weighted by Crippen LogP contribution is 2.42. The summed E-state index contributed by atoms with van der Waals surface area (Å²) in [6, 6.07) is 91.8. The number of aryl methyl sites for hydroxylation is 4. The van der Waals surface area contributed by atoms with Gasteiger partial charge in [0.1, 0.15) is 0 Å². The van der Waals surface area contributed by atoms with E-state index in [-0.39, 0.29) is 0 Å². The molecular formula is C64H54N4. The maximum absolute atomic E-state index is 2.35. The minimum atomic E-state index is 1.06. The van der Waals surface area contributed by atoms with Crippen LogP contribution in [-0.4, -0.2) is 0 Å². The molecule has 0 saturated heterocycles. The first kappa shape index (κ1) is 43.3. The molecule has 0 atom stereocenters. The minimum absolute atomic E-state index is 1.06. The van der Waals surface area contributed by atoms with E-state index in [1.54, 1.807) is 0 Å². The van der Waals surface area contributed by atoms with E-state index in [1.807, 2.05) is 0 Å². The molecule has 0 radical (unpaired) electrons. The largest absolute Gasteiger partial charge is 0.311 e. The third kappa shape index (κ3) is 9.40. The Morgan fingerprint density at radius 1 is 0.162 bits per heavy atom. The summed E-state index contributed by atoms with van der Waals surface area (Å²) in [4.78, 5) is 9.29. The van der Waals surface area contributed by atoms with Gasteiger partial charge in [-0.2, -0.15) is 0 Å². The van der Waals surface area contributed by atoms with Crippen molar-refractivity contribution < 1.29 is 0 Å². The lowest BCUT2D eigenvalue weighted by Gasteiger charge is -2.29. The highest BCUT2D eigenvalue weighted by atomic mass is 15.2. The Bertz CT molecular complexity index is 2920. The van der Waals surface area contributed by atoms with Gasteiger partial charge in [-0.05, 0) is 184 Å². The van der Waals surface area contributed by atoms with E-state index in [1.165, 1.54) is 22.3 Å². The van der Waals surface area contributed by atoms with Gasteiger partial charge in [-0.25, -0.2) is 0 Å². The Hall–Kier alpha value is -8.60. The summed E-state index contributed by atoms with van der Waals surface area (Å²) in [6.07, 6.45) is 0. The van der Waals surface area contributed by atoms with Gasteiger partial charge in [0, 0.05) is 68.2 Å². The van der Waals surface area contributed by atoms with Crippen LogP contribution in [0.5, 0.6) is 0 Å². The number of nitrogens with zero attached hydrogens (tertiary/aromatic N) is 4. The molecule has 10 rings (SSSR count). The highest BCUT2D eigenvalue weighted by molar-refractivity contribution is 5.85. The smallest absolute Gasteiger partial charge is 0.0463 e. The molecule has 0 aromatic heterocycles. The number of hydrogen-bond donors (Lipinski definition) is 0. The van der Waals surface area contributed by atoms with E-state index in [2.05, 4.69) is 302 Å². The van der Waals surface area contributed by atoms with E-state index in [9.17, 15) is 0 Å². The first-order valence-electron chi connectivity index (χ1n) is 23.3. The molecule has 0 amide bonds. The third-order valence-electron chi connectivity index (χ3n) is 12.5. The Labute approximate surface area is 401 Å². The van der Waals surface area contributed by atoms with E-state index in [4.69, 9.17) is 0 Å². The molecule has 0 N–H and O–H groups in total. The molecule has 4 nitrogen and oxygen atoms in total. The summed E-state index contributed by atoms with van der Waals surface area (Å²) in [5, 5.41) is 0. The van der Waals surface area contributed by atoms with Gasteiger partial charge in [-0.3, -0.25) is 0 Å². The molecule has 10 aromatic rings. The molecule has 68 heavy (non-hydrogen) atoms. The summed E-state index contributed by atoms with van der Waals surface area (Å²) in [5.74, 6) is 0. The Morgan fingerprint density at radius 3 is 0.500 bits per heavy atom. The molecule has 0 aliphatic heterocycles. The molecule has 0 saturated carbocycles. The summed E-state index contributed by atoms with van der Waals surface area (Å²) < 4.78 is 0. The van der Waals surface area contributed by atoms with Crippen molar-refractivity contribution in [1.29, 1.82) is 0 Å². The summed E-state index contributed by atoms with van der Waals surface area (Å²) in [7, 11) is 0. The van der Waals surface area contributed by atoms with Crippen LogP contribution in [0.4, 0.5) is 68.2 Å². The number of anilines is 12. The van der Waals surface area contributed by atoms with Crippen molar-refractivity contribution in [2.24, 2.45) is 0 Å². The van der Waals surface area contributed by atoms with E-state index in [0.29, 0.717) is 0 Å². The van der Waals surface area contributed by atoms with Crippen LogP contribution in [-0.2, 0) is 0 Å². The molecule has 0 heterocycles. The zero-order valence-corrected chi connectivity index (χ0v) is 39.0. The predicted octanol–water partition coefficient (Wildman–Crippen LogP) is 18.5. The van der Waals surface area contributed by atoms with Gasteiger partial charge in [-0.15, -0.1) is 0 Å². The average Bonchev–Trinajstić information content (AvgIpc) is 3.38. The van der Waals surface area contributed by atoms with Crippen LogP contribution >= 0.6 is 0 Å². The standard InChI is InChI=1S/C64H54N4/c1-47-15-27-55(28-16-47)66(56-29-17-48(2)18-30-56)61-39-43-63(44-40-61)68(64-45-41-62(42-46-64)67(57-31-19-49(3)20-32-57)58-33-21-50(4)22-34-58)60-37-25-52(26-38-60)51-23-35-59(36-24-51)65(53-11-7-5-8-12-53)54-13-9-6-10-14-54/h5-46H,1-4H3. The van der Waals surface area contributed by atoms with Crippen LogP contribution in [0.15, 0.2) is 255 Å². The van der Waals surface area contributed by atoms with Crippen molar-refractivity contribution in [3.05, 3.63) is 277 Å². The fourth-order valence-corrected chi connectivity index (χ4v) is 8.83. The number of para-hydroxylation sites is 2. The minimum Gasteiger partial charge on any atom is -0.311 e. The first-order valence-corrected chi connectivity index (χ1v) is 23.3. The Morgan fingerprint density at radius 2 is 0.309 bits per heavy atom. The molecular weight excluding hydrogens is 825 g/mol. The Kier molecular flexibility index (Phi) is 12.4. The normalized spacial score (nSPS) is 10.9. The molecule has 0 aliphatic rings. The lowest BCUT2D eigenvalue weighted by atomic mass is 10.0. The molecule has 10 aromatic carbocycles. The van der Waals surface area contributed by atoms with Crippen LogP contribution < -0.4 is 19.6 Å². The quantitative estimate of drug-likeness (QED) is 0.114. The zero-order valence-electron chi connectivity index (χ0n) is 39.0. The van der Waals surface area contributed by atoms with Crippen molar-refractivity contribution in [3.8, 4) is 11.1 Å². The van der Waals surface area contributed by atoms with E-state index < -0.39 is 0 Å². The van der Waals surface area contributed by atoms with Crippen molar-refractivity contribution >= 4 is 68.2 Å². The van der Waals surface area contributed by atoms with Crippen molar-refractivity contribution in [2.45, 2.75) is 27.7 Å². The topological polar surface area (TPSA) is 13.0 Å². The van der Waals surface area contributed by atoms with Gasteiger partial charge in [0.15, 0.2) is 0 Å². The summed E-state index contributed by atoms with van der Waals surface area (Å²) in [5.41, 5.74) is 20.4. The molecule has 4 heteroatoms. The number of benzene rings is 10. The lowest BCUT2D eigenvalue weighted by Crippen LogP contribution is -2.13. The van der Waals surface area contributed by atoms with Gasteiger partial charge in [0.2, 0.25) is 0 Å². The Balaban J connectivity index is 1.02. The molecule has 0 bridgehead atoms. The van der Waals surface area contributed by atoms with Crippen molar-refractivity contribution in [1.82, 2.24) is 0 Å². The highest BCUT2D eigenvalue weighted by Gasteiger charge is 2.19. The monoisotopic (exact) mass is 878 g/mol. The van der Waals surface area contributed by atoms with Gasteiger partial charge < -0.3 is 19.6 Å². The van der Waals surface area contributed by atoms with Crippen LogP contribution in [0.25, 0.3) is 11.1 Å². The maximum atomic E-state index is 2.35. The van der Waals surface area contributed by atoms with Crippen LogP contribution in [0, 0.1) is 27.7 Å². The first-order chi connectivity index (χ1) is 33.3. The molecule has 330 valence electrons. The van der Waals surface area contributed by atoms with E-state index in [0.717, 1.165) is 79.4 Å². The van der Waals surface area contributed by atoms with Gasteiger partial charge >= 0.3 is 0 Å². The molecule has 0 unspecified atom stereocenters. The second kappa shape index (κ2) is 19.5. The fourth-order valence-electron chi connectivity index (χ4n) is 8.83. The summed E-state index contributed by atoms with van der Waals surface area (Å²) >= 11 is 0. The second-order valence-electron chi connectivity index (χ2n) is 17.5. The van der Waals surface area contributed by atoms with Gasteiger partial charge in [0.05, 0.1) is 0 Å². The third-order valence-corrected chi connectivity index (χ3v) is 12.5. The van der Waals surface area contributed by atoms with Crippen LogP contribution in [0.1, 0.15) is 22.3 Å². The second-order valence-corrected chi connectivity index (χ2v) is 17.5. The van der Waals surface area contributed by atoms with Crippen molar-refractivity contribution in [3.63, 3.8) is 0 Å². The molecule has 0 aliphatic carbocycles. The fraction of sp³-hybridized carbons (Fsp3) is 0.0625. The summed E-state index contributed by atoms with van der Waals surface area (Å²) in [6.45, 7) is 8.53.